The van der Waals surface area contributed by atoms with Gasteiger partial charge in [0.2, 0.25) is 0 Å². The Kier molecular flexibility index (Phi) is 4.06. The molecule has 1 aromatic heterocycles. The van der Waals surface area contributed by atoms with Crippen molar-refractivity contribution in [3.63, 3.8) is 0 Å². The molecule has 0 amide bonds. The molecule has 0 atom stereocenters. The van der Waals surface area contributed by atoms with Crippen LogP contribution in [0.15, 0.2) is 66.9 Å². The summed E-state index contributed by atoms with van der Waals surface area (Å²) in [6.07, 6.45) is 6.46. The second kappa shape index (κ2) is 6.31. The number of nitrogens with zero attached hydrogens (tertiary/aromatic N) is 1. The third-order valence-electron chi connectivity index (χ3n) is 3.47. The lowest BCUT2D eigenvalue weighted by Crippen LogP contribution is -1.93. The van der Waals surface area contributed by atoms with Gasteiger partial charge < -0.3 is 9.30 Å². The van der Waals surface area contributed by atoms with E-state index < -0.39 is 0 Å². The first-order valence-corrected chi connectivity index (χ1v) is 7.30. The number of benzene rings is 2. The molecule has 0 spiro atoms. The number of allylic oxidation sites excluding steroid dienone is 1. The topological polar surface area (TPSA) is 14.2 Å². The molecule has 0 N–H and O–H groups in total. The first-order valence-electron chi connectivity index (χ1n) is 7.30. The second-order valence-electron chi connectivity index (χ2n) is 4.93. The maximum absolute atomic E-state index is 5.54. The third-order valence-corrected chi connectivity index (χ3v) is 3.47. The summed E-state index contributed by atoms with van der Waals surface area (Å²) < 4.78 is 7.78. The van der Waals surface area contributed by atoms with Gasteiger partial charge in [-0.25, -0.2) is 0 Å². The predicted molar refractivity (Wildman–Crippen MR) is 88.6 cm³/mol. The Morgan fingerprint density at radius 3 is 2.71 bits per heavy atom. The number of aromatic nitrogens is 1. The predicted octanol–water partition coefficient (Wildman–Crippen LogP) is 4.75. The van der Waals surface area contributed by atoms with Gasteiger partial charge in [0.15, 0.2) is 0 Å². The smallest absolute Gasteiger partial charge is 0.120 e. The normalized spacial score (nSPS) is 11.3. The van der Waals surface area contributed by atoms with Crippen LogP contribution in [0.1, 0.15) is 12.5 Å². The Labute approximate surface area is 125 Å². The van der Waals surface area contributed by atoms with Crippen molar-refractivity contribution in [2.24, 2.45) is 0 Å². The van der Waals surface area contributed by atoms with Gasteiger partial charge in [-0.3, -0.25) is 0 Å². The molecule has 2 nitrogen and oxygen atoms in total. The van der Waals surface area contributed by atoms with Crippen LogP contribution >= 0.6 is 0 Å². The van der Waals surface area contributed by atoms with Crippen LogP contribution in [0.2, 0.25) is 0 Å². The van der Waals surface area contributed by atoms with Crippen LogP contribution in [0.5, 0.6) is 5.75 Å². The van der Waals surface area contributed by atoms with Crippen LogP contribution in [-0.2, 0) is 6.54 Å². The molecule has 0 saturated carbocycles. The van der Waals surface area contributed by atoms with Crippen molar-refractivity contribution in [3.05, 3.63) is 72.4 Å². The van der Waals surface area contributed by atoms with Gasteiger partial charge in [0, 0.05) is 23.6 Å². The molecule has 21 heavy (non-hydrogen) atoms. The van der Waals surface area contributed by atoms with E-state index in [9.17, 15) is 0 Å². The summed E-state index contributed by atoms with van der Waals surface area (Å²) in [5.41, 5.74) is 2.46. The maximum Gasteiger partial charge on any atom is 0.120 e. The lowest BCUT2D eigenvalue weighted by Gasteiger charge is -2.04. The van der Waals surface area contributed by atoms with Crippen molar-refractivity contribution in [2.45, 2.75) is 13.5 Å². The summed E-state index contributed by atoms with van der Waals surface area (Å²) >= 11 is 0. The molecule has 0 radical (unpaired) electrons. The lowest BCUT2D eigenvalue weighted by molar-refractivity contribution is 0.340. The zero-order valence-corrected chi connectivity index (χ0v) is 12.2. The van der Waals surface area contributed by atoms with Crippen molar-refractivity contribution < 1.29 is 4.74 Å². The highest BCUT2D eigenvalue weighted by molar-refractivity contribution is 5.81. The highest BCUT2D eigenvalue weighted by Gasteiger charge is 2.01. The standard InChI is InChI=1S/C19H19NO/c1-2-21-18-10-11-19-17(15-18)12-14-20(19)13-6-9-16-7-4-3-5-8-16/h3-12,14-15H,2,13H2,1H3/b9-6+. The highest BCUT2D eigenvalue weighted by Crippen LogP contribution is 2.22. The Morgan fingerprint density at radius 1 is 1.05 bits per heavy atom. The number of hydrogen-bond donors (Lipinski definition) is 0. The van der Waals surface area contributed by atoms with Gasteiger partial charge in [-0.05, 0) is 36.8 Å². The molecule has 106 valence electrons. The second-order valence-corrected chi connectivity index (χ2v) is 4.93. The zero-order valence-electron chi connectivity index (χ0n) is 12.2. The van der Waals surface area contributed by atoms with E-state index in [4.69, 9.17) is 4.74 Å². The molecule has 0 aliphatic rings. The maximum atomic E-state index is 5.54. The van der Waals surface area contributed by atoms with Crippen LogP contribution in [0.25, 0.3) is 17.0 Å². The van der Waals surface area contributed by atoms with Gasteiger partial charge in [-0.1, -0.05) is 42.5 Å². The Balaban J connectivity index is 1.77. The van der Waals surface area contributed by atoms with E-state index in [1.54, 1.807) is 0 Å². The van der Waals surface area contributed by atoms with E-state index in [0.29, 0.717) is 6.61 Å². The van der Waals surface area contributed by atoms with Crippen molar-refractivity contribution in [2.75, 3.05) is 6.61 Å². The highest BCUT2D eigenvalue weighted by atomic mass is 16.5. The summed E-state index contributed by atoms with van der Waals surface area (Å²) in [5, 5.41) is 1.22. The molecule has 3 rings (SSSR count). The lowest BCUT2D eigenvalue weighted by atomic mass is 10.2. The van der Waals surface area contributed by atoms with Gasteiger partial charge in [-0.15, -0.1) is 0 Å². The molecule has 0 aliphatic carbocycles. The molecule has 2 aromatic carbocycles. The van der Waals surface area contributed by atoms with Gasteiger partial charge >= 0.3 is 0 Å². The van der Waals surface area contributed by atoms with Crippen LogP contribution in [0.3, 0.4) is 0 Å². The van der Waals surface area contributed by atoms with Crippen LogP contribution in [-0.4, -0.2) is 11.2 Å². The first kappa shape index (κ1) is 13.5. The van der Waals surface area contributed by atoms with Gasteiger partial charge in [-0.2, -0.15) is 0 Å². The summed E-state index contributed by atoms with van der Waals surface area (Å²) in [4.78, 5) is 0. The molecule has 0 unspecified atom stereocenters. The number of rotatable bonds is 5. The fourth-order valence-electron chi connectivity index (χ4n) is 2.46. The number of fused-ring (bicyclic) bond motifs is 1. The first-order chi connectivity index (χ1) is 10.4. The summed E-state index contributed by atoms with van der Waals surface area (Å²) in [6.45, 7) is 3.57. The van der Waals surface area contributed by atoms with E-state index in [1.165, 1.54) is 16.5 Å². The molecule has 0 fully saturated rings. The zero-order chi connectivity index (χ0) is 14.5. The molecule has 0 bridgehead atoms. The summed E-state index contributed by atoms with van der Waals surface area (Å²) in [6, 6.07) is 18.7. The minimum Gasteiger partial charge on any atom is -0.494 e. The summed E-state index contributed by atoms with van der Waals surface area (Å²) in [7, 11) is 0. The van der Waals surface area contributed by atoms with E-state index in [1.807, 2.05) is 19.1 Å². The molecule has 1 heterocycles. The third kappa shape index (κ3) is 3.16. The molecule has 3 aromatic rings. The van der Waals surface area contributed by atoms with Crippen LogP contribution < -0.4 is 4.74 Å². The van der Waals surface area contributed by atoms with Crippen molar-refractivity contribution in [3.8, 4) is 5.75 Å². The van der Waals surface area contributed by atoms with Crippen LogP contribution in [0.4, 0.5) is 0 Å². The largest absolute Gasteiger partial charge is 0.494 e. The van der Waals surface area contributed by atoms with Crippen molar-refractivity contribution >= 4 is 17.0 Å². The fourth-order valence-corrected chi connectivity index (χ4v) is 2.46. The monoisotopic (exact) mass is 277 g/mol. The molecule has 0 aliphatic heterocycles. The molecular weight excluding hydrogens is 258 g/mol. The van der Waals surface area contributed by atoms with E-state index in [2.05, 4.69) is 65.4 Å². The minimum atomic E-state index is 0.700. The van der Waals surface area contributed by atoms with Crippen molar-refractivity contribution in [1.29, 1.82) is 0 Å². The Hall–Kier alpha value is -2.48. The Bertz CT molecular complexity index is 741. The molecule has 2 heteroatoms. The van der Waals surface area contributed by atoms with Gasteiger partial charge in [0.05, 0.1) is 6.61 Å². The van der Waals surface area contributed by atoms with Crippen LogP contribution in [0, 0.1) is 0 Å². The minimum absolute atomic E-state index is 0.700. The molecule has 0 saturated heterocycles. The van der Waals surface area contributed by atoms with E-state index in [-0.39, 0.29) is 0 Å². The van der Waals surface area contributed by atoms with Crippen molar-refractivity contribution in [1.82, 2.24) is 4.57 Å². The Morgan fingerprint density at radius 2 is 1.90 bits per heavy atom. The van der Waals surface area contributed by atoms with Gasteiger partial charge in [0.25, 0.3) is 0 Å². The number of ether oxygens (including phenoxy) is 1. The molecular formula is C19H19NO. The summed E-state index contributed by atoms with van der Waals surface area (Å²) in [5.74, 6) is 0.933. The number of hydrogen-bond acceptors (Lipinski definition) is 1. The SMILES string of the molecule is CCOc1ccc2c(ccn2C/C=C/c2ccccc2)c1. The average Bonchev–Trinajstić information content (AvgIpc) is 2.91. The van der Waals surface area contributed by atoms with E-state index in [0.717, 1.165) is 12.3 Å². The van der Waals surface area contributed by atoms with Gasteiger partial charge in [0.1, 0.15) is 5.75 Å². The fraction of sp³-hybridized carbons (Fsp3) is 0.158. The quantitative estimate of drug-likeness (QED) is 0.656. The van der Waals surface area contributed by atoms with E-state index >= 15 is 0 Å². The average molecular weight is 277 g/mol.